The number of hydrogen-bond donors (Lipinski definition) is 2. The minimum Gasteiger partial charge on any atom is -0.481 e. The molecular formula is C7H12N2O4. The molecular weight excluding hydrogens is 176 g/mol. The average molecular weight is 188 g/mol. The Hall–Kier alpha value is -1.59. The second-order valence-corrected chi connectivity index (χ2v) is 2.60. The fourth-order valence-electron chi connectivity index (χ4n) is 0.562. The Kier molecular flexibility index (Phi) is 4.50. The number of carbonyl (C=O) groups is 3. The van der Waals surface area contributed by atoms with Crippen molar-refractivity contribution in [1.82, 2.24) is 10.2 Å². The van der Waals surface area contributed by atoms with Crippen LogP contribution in [0.5, 0.6) is 0 Å². The van der Waals surface area contributed by atoms with Crippen molar-refractivity contribution in [2.75, 3.05) is 20.6 Å². The van der Waals surface area contributed by atoms with Gasteiger partial charge >= 0.3 is 17.8 Å². The summed E-state index contributed by atoms with van der Waals surface area (Å²) in [5, 5.41) is 10.4. The van der Waals surface area contributed by atoms with Crippen LogP contribution in [0.4, 0.5) is 0 Å². The lowest BCUT2D eigenvalue weighted by Crippen LogP contribution is -2.39. The van der Waals surface area contributed by atoms with E-state index in [-0.39, 0.29) is 13.0 Å². The topological polar surface area (TPSA) is 86.7 Å². The van der Waals surface area contributed by atoms with Crippen LogP contribution in [-0.4, -0.2) is 48.4 Å². The molecule has 0 aliphatic carbocycles. The normalized spacial score (nSPS) is 9.08. The summed E-state index contributed by atoms with van der Waals surface area (Å²) in [7, 11) is 2.89. The lowest BCUT2D eigenvalue weighted by molar-refractivity contribution is -0.144. The number of rotatable bonds is 3. The molecule has 13 heavy (non-hydrogen) atoms. The Balaban J connectivity index is 3.75. The van der Waals surface area contributed by atoms with Crippen molar-refractivity contribution in [3.05, 3.63) is 0 Å². The molecule has 0 aromatic rings. The summed E-state index contributed by atoms with van der Waals surface area (Å²) < 4.78 is 0. The highest BCUT2D eigenvalue weighted by Crippen LogP contribution is 1.80. The molecule has 0 rings (SSSR count). The largest absolute Gasteiger partial charge is 0.481 e. The van der Waals surface area contributed by atoms with Crippen LogP contribution in [0.2, 0.25) is 0 Å². The van der Waals surface area contributed by atoms with Crippen LogP contribution in [0.15, 0.2) is 0 Å². The van der Waals surface area contributed by atoms with Crippen LogP contribution in [0.25, 0.3) is 0 Å². The van der Waals surface area contributed by atoms with Crippen LogP contribution < -0.4 is 5.32 Å². The predicted octanol–water partition coefficient (Wildman–Crippen LogP) is -1.33. The maximum Gasteiger partial charge on any atom is 0.311 e. The first-order valence-electron chi connectivity index (χ1n) is 3.66. The Bertz CT molecular complexity index is 225. The second kappa shape index (κ2) is 5.13. The maximum atomic E-state index is 10.9. The van der Waals surface area contributed by atoms with Crippen LogP contribution >= 0.6 is 0 Å². The fourth-order valence-corrected chi connectivity index (χ4v) is 0.562. The first-order valence-corrected chi connectivity index (χ1v) is 3.66. The maximum absolute atomic E-state index is 10.9. The Morgan fingerprint density at radius 3 is 2.23 bits per heavy atom. The number of likely N-dealkylation sites (N-methyl/N-ethyl adjacent to an activating group) is 1. The molecule has 0 saturated heterocycles. The van der Waals surface area contributed by atoms with Crippen LogP contribution in [0.3, 0.4) is 0 Å². The van der Waals surface area contributed by atoms with E-state index in [0.717, 1.165) is 4.90 Å². The smallest absolute Gasteiger partial charge is 0.311 e. The van der Waals surface area contributed by atoms with Crippen LogP contribution in [0, 0.1) is 0 Å². The molecule has 0 heterocycles. The van der Waals surface area contributed by atoms with Gasteiger partial charge in [-0.25, -0.2) is 0 Å². The van der Waals surface area contributed by atoms with Gasteiger partial charge in [-0.3, -0.25) is 14.4 Å². The van der Waals surface area contributed by atoms with Gasteiger partial charge in [0.05, 0.1) is 6.42 Å². The zero-order valence-corrected chi connectivity index (χ0v) is 7.53. The zero-order valence-electron chi connectivity index (χ0n) is 7.53. The number of amides is 2. The SMILES string of the molecule is CN(C)C(=O)C(=O)NCCC(=O)O. The molecule has 0 aliphatic heterocycles. The molecule has 6 nitrogen and oxygen atoms in total. The van der Waals surface area contributed by atoms with Gasteiger partial charge in [-0.2, -0.15) is 0 Å². The van der Waals surface area contributed by atoms with Gasteiger partial charge in [0.15, 0.2) is 0 Å². The lowest BCUT2D eigenvalue weighted by Gasteiger charge is -2.09. The Morgan fingerprint density at radius 2 is 1.85 bits per heavy atom. The van der Waals surface area contributed by atoms with Gasteiger partial charge in [0.2, 0.25) is 0 Å². The van der Waals surface area contributed by atoms with Gasteiger partial charge in [-0.05, 0) is 0 Å². The van der Waals surface area contributed by atoms with E-state index >= 15 is 0 Å². The minimum atomic E-state index is -1.02. The lowest BCUT2D eigenvalue weighted by atomic mass is 10.4. The van der Waals surface area contributed by atoms with Gasteiger partial charge < -0.3 is 15.3 Å². The second-order valence-electron chi connectivity index (χ2n) is 2.60. The number of nitrogens with one attached hydrogen (secondary N) is 1. The van der Waals surface area contributed by atoms with E-state index in [2.05, 4.69) is 5.32 Å². The monoisotopic (exact) mass is 188 g/mol. The summed E-state index contributed by atoms with van der Waals surface area (Å²) in [5.74, 6) is -2.49. The number of aliphatic carboxylic acids is 1. The van der Waals surface area contributed by atoms with E-state index in [1.54, 1.807) is 0 Å². The third-order valence-electron chi connectivity index (χ3n) is 1.22. The molecule has 2 N–H and O–H groups in total. The Labute approximate surface area is 75.5 Å². The summed E-state index contributed by atoms with van der Waals surface area (Å²) >= 11 is 0. The summed E-state index contributed by atoms with van der Waals surface area (Å²) in [6, 6.07) is 0. The Morgan fingerprint density at radius 1 is 1.31 bits per heavy atom. The molecule has 0 unspecified atom stereocenters. The van der Waals surface area contributed by atoms with Crippen molar-refractivity contribution in [2.24, 2.45) is 0 Å². The third kappa shape index (κ3) is 4.78. The van der Waals surface area contributed by atoms with E-state index in [1.165, 1.54) is 14.1 Å². The molecule has 0 spiro atoms. The molecule has 6 heteroatoms. The van der Waals surface area contributed by atoms with Gasteiger partial charge in [0.1, 0.15) is 0 Å². The zero-order chi connectivity index (χ0) is 10.4. The van der Waals surface area contributed by atoms with Gasteiger partial charge in [-0.1, -0.05) is 0 Å². The van der Waals surface area contributed by atoms with Crippen molar-refractivity contribution in [2.45, 2.75) is 6.42 Å². The van der Waals surface area contributed by atoms with Crippen LogP contribution in [0.1, 0.15) is 6.42 Å². The number of carbonyl (C=O) groups excluding carboxylic acids is 2. The molecule has 0 radical (unpaired) electrons. The minimum absolute atomic E-state index is 0.0340. The first-order chi connectivity index (χ1) is 5.95. The number of carboxylic acid groups (broad SMARTS) is 1. The van der Waals surface area contributed by atoms with Crippen molar-refractivity contribution in [3.63, 3.8) is 0 Å². The molecule has 0 aromatic heterocycles. The molecule has 0 aliphatic rings. The molecule has 0 bridgehead atoms. The summed E-state index contributed by atoms with van der Waals surface area (Å²) in [6.45, 7) is -0.0340. The van der Waals surface area contributed by atoms with E-state index in [1.807, 2.05) is 0 Å². The average Bonchev–Trinajstić information content (AvgIpc) is 2.02. The standard InChI is InChI=1S/C7H12N2O4/c1-9(2)7(13)6(12)8-4-3-5(10)11/h3-4H2,1-2H3,(H,8,12)(H,10,11). The van der Waals surface area contributed by atoms with Crippen molar-refractivity contribution in [1.29, 1.82) is 0 Å². The van der Waals surface area contributed by atoms with E-state index < -0.39 is 17.8 Å². The molecule has 0 atom stereocenters. The highest BCUT2D eigenvalue weighted by molar-refractivity contribution is 6.34. The predicted molar refractivity (Wildman–Crippen MR) is 44.0 cm³/mol. The van der Waals surface area contributed by atoms with E-state index in [4.69, 9.17) is 5.11 Å². The van der Waals surface area contributed by atoms with E-state index in [0.29, 0.717) is 0 Å². The number of nitrogens with zero attached hydrogens (tertiary/aromatic N) is 1. The first kappa shape index (κ1) is 11.4. The summed E-state index contributed by atoms with van der Waals surface area (Å²) in [6.07, 6.45) is -0.188. The molecule has 74 valence electrons. The quantitative estimate of drug-likeness (QED) is 0.537. The highest BCUT2D eigenvalue weighted by atomic mass is 16.4. The fraction of sp³-hybridized carbons (Fsp3) is 0.571. The van der Waals surface area contributed by atoms with Crippen molar-refractivity contribution >= 4 is 17.8 Å². The highest BCUT2D eigenvalue weighted by Gasteiger charge is 2.14. The van der Waals surface area contributed by atoms with Gasteiger partial charge in [0, 0.05) is 20.6 Å². The summed E-state index contributed by atoms with van der Waals surface area (Å²) in [4.78, 5) is 32.9. The van der Waals surface area contributed by atoms with Crippen molar-refractivity contribution in [3.8, 4) is 0 Å². The van der Waals surface area contributed by atoms with Gasteiger partial charge in [-0.15, -0.1) is 0 Å². The van der Waals surface area contributed by atoms with Crippen LogP contribution in [-0.2, 0) is 14.4 Å². The summed E-state index contributed by atoms with van der Waals surface area (Å²) in [5.41, 5.74) is 0. The number of carboxylic acids is 1. The number of hydrogen-bond acceptors (Lipinski definition) is 3. The third-order valence-corrected chi connectivity index (χ3v) is 1.22. The molecule has 2 amide bonds. The molecule has 0 aromatic carbocycles. The van der Waals surface area contributed by atoms with Gasteiger partial charge in [0.25, 0.3) is 0 Å². The van der Waals surface area contributed by atoms with Crippen molar-refractivity contribution < 1.29 is 19.5 Å². The molecule has 0 saturated carbocycles. The molecule has 0 fully saturated rings. The van der Waals surface area contributed by atoms with E-state index in [9.17, 15) is 14.4 Å².